The molecule has 1 saturated heterocycles. The molecule has 0 radical (unpaired) electrons. The first kappa shape index (κ1) is 16.2. The number of amides is 1. The molecule has 0 unspecified atom stereocenters. The Bertz CT molecular complexity index is 530. The third kappa shape index (κ3) is 4.41. The third-order valence-corrected chi connectivity index (χ3v) is 4.25. The van der Waals surface area contributed by atoms with Crippen molar-refractivity contribution in [2.45, 2.75) is 26.2 Å². The number of rotatable bonds is 4. The molecule has 1 amide bonds. The summed E-state index contributed by atoms with van der Waals surface area (Å²) in [7, 11) is 0. The number of nitrogens with one attached hydrogen (secondary N) is 1. The van der Waals surface area contributed by atoms with Crippen LogP contribution >= 0.6 is 28.1 Å². The molecule has 6 heteroatoms. The van der Waals surface area contributed by atoms with E-state index in [-0.39, 0.29) is 5.91 Å². The van der Waals surface area contributed by atoms with Gasteiger partial charge in [0.25, 0.3) is 5.91 Å². The van der Waals surface area contributed by atoms with E-state index in [1.165, 1.54) is 0 Å². The molecule has 0 aromatic heterocycles. The average molecular weight is 371 g/mol. The molecule has 2 rings (SSSR count). The second-order valence-electron chi connectivity index (χ2n) is 4.95. The zero-order chi connectivity index (χ0) is 15.2. The third-order valence-electron chi connectivity index (χ3n) is 3.27. The van der Waals surface area contributed by atoms with E-state index in [0.717, 1.165) is 42.6 Å². The fourth-order valence-electron chi connectivity index (χ4n) is 2.14. The lowest BCUT2D eigenvalue weighted by atomic mass is 10.2. The van der Waals surface area contributed by atoms with Crippen LogP contribution in [-0.2, 0) is 0 Å². The van der Waals surface area contributed by atoms with E-state index in [9.17, 15) is 4.79 Å². The number of ether oxygens (including phenoxy) is 1. The summed E-state index contributed by atoms with van der Waals surface area (Å²) in [6.07, 6.45) is 3.20. The summed E-state index contributed by atoms with van der Waals surface area (Å²) in [5, 5.41) is 3.30. The largest absolute Gasteiger partial charge is 0.492 e. The molecule has 1 N–H and O–H groups in total. The molecule has 4 nitrogen and oxygen atoms in total. The van der Waals surface area contributed by atoms with E-state index >= 15 is 0 Å². The van der Waals surface area contributed by atoms with Crippen molar-refractivity contribution in [2.75, 3.05) is 19.7 Å². The number of nitrogens with zero attached hydrogens (tertiary/aromatic N) is 1. The van der Waals surface area contributed by atoms with Crippen LogP contribution in [-0.4, -0.2) is 35.6 Å². The molecule has 1 heterocycles. The molecule has 1 fully saturated rings. The maximum atomic E-state index is 12.2. The van der Waals surface area contributed by atoms with E-state index in [2.05, 4.69) is 28.2 Å². The summed E-state index contributed by atoms with van der Waals surface area (Å²) in [5.74, 6) is 0.560. The maximum absolute atomic E-state index is 12.2. The van der Waals surface area contributed by atoms with E-state index in [1.807, 2.05) is 4.90 Å². The Kier molecular flexibility index (Phi) is 5.99. The van der Waals surface area contributed by atoms with Crippen LogP contribution in [0.5, 0.6) is 5.75 Å². The van der Waals surface area contributed by atoms with Gasteiger partial charge < -0.3 is 9.64 Å². The van der Waals surface area contributed by atoms with E-state index in [0.29, 0.717) is 17.3 Å². The minimum atomic E-state index is -0.186. The van der Waals surface area contributed by atoms with Gasteiger partial charge in [0.2, 0.25) is 0 Å². The average Bonchev–Trinajstić information content (AvgIpc) is 3.00. The molecule has 0 spiro atoms. The molecule has 1 aliphatic heterocycles. The van der Waals surface area contributed by atoms with Crippen LogP contribution in [0, 0.1) is 0 Å². The number of hydrogen-bond donors (Lipinski definition) is 1. The normalized spacial score (nSPS) is 14.1. The molecule has 114 valence electrons. The van der Waals surface area contributed by atoms with Crippen molar-refractivity contribution >= 4 is 39.2 Å². The lowest BCUT2D eigenvalue weighted by Gasteiger charge is -2.18. The van der Waals surface area contributed by atoms with Crippen LogP contribution in [0.3, 0.4) is 0 Å². The van der Waals surface area contributed by atoms with Crippen molar-refractivity contribution in [2.24, 2.45) is 0 Å². The van der Waals surface area contributed by atoms with E-state index in [1.54, 1.807) is 18.2 Å². The molecule has 0 bridgehead atoms. The molecule has 1 aliphatic rings. The second-order valence-corrected chi connectivity index (χ2v) is 6.19. The Labute approximate surface area is 139 Å². The number of carbonyl (C=O) groups is 1. The van der Waals surface area contributed by atoms with Gasteiger partial charge in [0.1, 0.15) is 5.75 Å². The van der Waals surface area contributed by atoms with Gasteiger partial charge in [-0.1, -0.05) is 6.92 Å². The number of hydrogen-bond acceptors (Lipinski definition) is 3. The van der Waals surface area contributed by atoms with E-state index in [4.69, 9.17) is 17.0 Å². The smallest absolute Gasteiger partial charge is 0.257 e. The summed E-state index contributed by atoms with van der Waals surface area (Å²) in [6, 6.07) is 5.30. The van der Waals surface area contributed by atoms with Crippen molar-refractivity contribution in [3.05, 3.63) is 28.2 Å². The first-order valence-electron chi connectivity index (χ1n) is 7.14. The Morgan fingerprint density at radius 1 is 1.43 bits per heavy atom. The molecule has 0 saturated carbocycles. The zero-order valence-electron chi connectivity index (χ0n) is 12.0. The lowest BCUT2D eigenvalue weighted by molar-refractivity contribution is 0.0974. The van der Waals surface area contributed by atoms with Crippen molar-refractivity contribution < 1.29 is 9.53 Å². The quantitative estimate of drug-likeness (QED) is 0.825. The molecule has 0 aliphatic carbocycles. The summed E-state index contributed by atoms with van der Waals surface area (Å²) < 4.78 is 6.34. The van der Waals surface area contributed by atoms with Crippen LogP contribution in [0.1, 0.15) is 36.5 Å². The second kappa shape index (κ2) is 7.75. The highest BCUT2D eigenvalue weighted by molar-refractivity contribution is 9.10. The van der Waals surface area contributed by atoms with Gasteiger partial charge in [0, 0.05) is 18.7 Å². The number of likely N-dealkylation sites (tertiary alicyclic amines) is 1. The van der Waals surface area contributed by atoms with Crippen LogP contribution < -0.4 is 10.1 Å². The molecule has 1 aromatic rings. The van der Waals surface area contributed by atoms with Crippen LogP contribution in [0.2, 0.25) is 0 Å². The standard InChI is InChI=1S/C15H19BrN2O2S/c1-2-9-20-13-6-5-11(10-12(13)16)14(19)17-15(21)18-7-3-4-8-18/h5-6,10H,2-4,7-9H2,1H3,(H,17,19,21). The van der Waals surface area contributed by atoms with Crippen LogP contribution in [0.4, 0.5) is 0 Å². The molecule has 1 aromatic carbocycles. The van der Waals surface area contributed by atoms with Gasteiger partial charge >= 0.3 is 0 Å². The topological polar surface area (TPSA) is 41.6 Å². The van der Waals surface area contributed by atoms with Crippen LogP contribution in [0.15, 0.2) is 22.7 Å². The monoisotopic (exact) mass is 370 g/mol. The van der Waals surface area contributed by atoms with E-state index < -0.39 is 0 Å². The van der Waals surface area contributed by atoms with Gasteiger partial charge in [-0.25, -0.2) is 0 Å². The highest BCUT2D eigenvalue weighted by Crippen LogP contribution is 2.26. The Morgan fingerprint density at radius 2 is 2.14 bits per heavy atom. The Morgan fingerprint density at radius 3 is 2.76 bits per heavy atom. The minimum absolute atomic E-state index is 0.186. The summed E-state index contributed by atoms with van der Waals surface area (Å²) in [6.45, 7) is 4.55. The van der Waals surface area contributed by atoms with Gasteiger partial charge in [0.15, 0.2) is 5.11 Å². The number of halogens is 1. The molecule has 0 atom stereocenters. The van der Waals surface area contributed by atoms with Gasteiger partial charge in [-0.15, -0.1) is 0 Å². The maximum Gasteiger partial charge on any atom is 0.257 e. The summed E-state index contributed by atoms with van der Waals surface area (Å²) >= 11 is 8.69. The van der Waals surface area contributed by atoms with Crippen molar-refractivity contribution in [1.82, 2.24) is 10.2 Å². The molecular weight excluding hydrogens is 352 g/mol. The van der Waals surface area contributed by atoms with Gasteiger partial charge in [0.05, 0.1) is 11.1 Å². The Hall–Kier alpha value is -1.14. The lowest BCUT2D eigenvalue weighted by Crippen LogP contribution is -2.41. The summed E-state index contributed by atoms with van der Waals surface area (Å²) in [4.78, 5) is 14.2. The van der Waals surface area contributed by atoms with Crippen molar-refractivity contribution in [3.63, 3.8) is 0 Å². The fourth-order valence-corrected chi connectivity index (χ4v) is 2.91. The zero-order valence-corrected chi connectivity index (χ0v) is 14.4. The number of carbonyl (C=O) groups excluding carboxylic acids is 1. The Balaban J connectivity index is 1.98. The SMILES string of the molecule is CCCOc1ccc(C(=O)NC(=S)N2CCCC2)cc1Br. The first-order chi connectivity index (χ1) is 10.1. The minimum Gasteiger partial charge on any atom is -0.492 e. The van der Waals surface area contributed by atoms with Crippen LogP contribution in [0.25, 0.3) is 0 Å². The van der Waals surface area contributed by atoms with Gasteiger partial charge in [-0.3, -0.25) is 10.1 Å². The number of benzene rings is 1. The van der Waals surface area contributed by atoms with Crippen molar-refractivity contribution in [3.8, 4) is 5.75 Å². The molecule has 21 heavy (non-hydrogen) atoms. The predicted molar refractivity (Wildman–Crippen MR) is 90.8 cm³/mol. The van der Waals surface area contributed by atoms with Gasteiger partial charge in [-0.05, 0) is 65.6 Å². The highest BCUT2D eigenvalue weighted by atomic mass is 79.9. The predicted octanol–water partition coefficient (Wildman–Crippen LogP) is 3.35. The fraction of sp³-hybridized carbons (Fsp3) is 0.467. The first-order valence-corrected chi connectivity index (χ1v) is 8.34. The summed E-state index contributed by atoms with van der Waals surface area (Å²) in [5.41, 5.74) is 0.562. The molecular formula is C15H19BrN2O2S. The van der Waals surface area contributed by atoms with Gasteiger partial charge in [-0.2, -0.15) is 0 Å². The van der Waals surface area contributed by atoms with Crippen molar-refractivity contribution in [1.29, 1.82) is 0 Å². The highest BCUT2D eigenvalue weighted by Gasteiger charge is 2.17. The number of thiocarbonyl (C=S) groups is 1.